The Labute approximate surface area is 127 Å². The molecule has 1 aliphatic carbocycles. The van der Waals surface area contributed by atoms with E-state index >= 15 is 0 Å². The zero-order valence-electron chi connectivity index (χ0n) is 12.5. The number of rotatable bonds is 6. The fraction of sp³-hybridized carbons (Fsp3) is 0.647. The minimum Gasteiger partial charge on any atom is -0.497 e. The van der Waals surface area contributed by atoms with Crippen LogP contribution in [0.1, 0.15) is 55.9 Å². The molecule has 0 spiro atoms. The van der Waals surface area contributed by atoms with Crippen molar-refractivity contribution in [3.63, 3.8) is 0 Å². The van der Waals surface area contributed by atoms with E-state index in [-0.39, 0.29) is 5.38 Å². The van der Waals surface area contributed by atoms with Crippen molar-refractivity contribution < 1.29 is 9.47 Å². The highest BCUT2D eigenvalue weighted by molar-refractivity contribution is 6.21. The molecular weight excluding hydrogens is 272 g/mol. The summed E-state index contributed by atoms with van der Waals surface area (Å²) in [6.07, 6.45) is 9.20. The monoisotopic (exact) mass is 296 g/mol. The maximum atomic E-state index is 6.58. The zero-order valence-corrected chi connectivity index (χ0v) is 13.3. The van der Waals surface area contributed by atoms with Gasteiger partial charge < -0.3 is 9.47 Å². The van der Waals surface area contributed by atoms with E-state index in [1.54, 1.807) is 14.2 Å². The van der Waals surface area contributed by atoms with E-state index in [2.05, 4.69) is 0 Å². The number of halogens is 1. The molecule has 112 valence electrons. The zero-order chi connectivity index (χ0) is 14.4. The van der Waals surface area contributed by atoms with Crippen LogP contribution in [0.25, 0.3) is 0 Å². The maximum absolute atomic E-state index is 6.58. The summed E-state index contributed by atoms with van der Waals surface area (Å²) in [5.74, 6) is 2.50. The van der Waals surface area contributed by atoms with Gasteiger partial charge in [0.1, 0.15) is 11.5 Å². The van der Waals surface area contributed by atoms with Crippen LogP contribution in [0.5, 0.6) is 11.5 Å². The molecule has 0 aromatic heterocycles. The highest BCUT2D eigenvalue weighted by Crippen LogP contribution is 2.38. The van der Waals surface area contributed by atoms with Gasteiger partial charge in [0.05, 0.1) is 19.6 Å². The Morgan fingerprint density at radius 1 is 1.15 bits per heavy atom. The average Bonchev–Trinajstić information content (AvgIpc) is 2.52. The molecule has 2 nitrogen and oxygen atoms in total. The Bertz CT molecular complexity index is 413. The van der Waals surface area contributed by atoms with Gasteiger partial charge in [-0.05, 0) is 24.8 Å². The van der Waals surface area contributed by atoms with Gasteiger partial charge in [-0.25, -0.2) is 0 Å². The SMILES string of the molecule is COc1ccc(C(Cl)CCC2CCCCC2)c(OC)c1. The standard InChI is InChI=1S/C17H25ClO2/c1-19-14-9-10-15(17(12-14)20-2)16(18)11-8-13-6-4-3-5-7-13/h9-10,12-13,16H,3-8,11H2,1-2H3. The van der Waals surface area contributed by atoms with Crippen LogP contribution in [0.4, 0.5) is 0 Å². The number of hydrogen-bond donors (Lipinski definition) is 0. The van der Waals surface area contributed by atoms with E-state index in [1.807, 2.05) is 18.2 Å². The highest BCUT2D eigenvalue weighted by Gasteiger charge is 2.18. The molecule has 0 amide bonds. The van der Waals surface area contributed by atoms with Crippen LogP contribution >= 0.6 is 11.6 Å². The Morgan fingerprint density at radius 2 is 1.90 bits per heavy atom. The van der Waals surface area contributed by atoms with E-state index in [0.29, 0.717) is 0 Å². The molecule has 0 aliphatic heterocycles. The van der Waals surface area contributed by atoms with Crippen LogP contribution in [0, 0.1) is 5.92 Å². The quantitative estimate of drug-likeness (QED) is 0.659. The number of hydrogen-bond acceptors (Lipinski definition) is 2. The fourth-order valence-corrected chi connectivity index (χ4v) is 3.40. The summed E-state index contributed by atoms with van der Waals surface area (Å²) in [5, 5.41) is 0.0257. The third-order valence-corrected chi connectivity index (χ3v) is 4.78. The Hall–Kier alpha value is -0.890. The maximum Gasteiger partial charge on any atom is 0.127 e. The van der Waals surface area contributed by atoms with Gasteiger partial charge >= 0.3 is 0 Å². The van der Waals surface area contributed by atoms with Crippen molar-refractivity contribution >= 4 is 11.6 Å². The molecule has 0 saturated heterocycles. The van der Waals surface area contributed by atoms with Crippen LogP contribution < -0.4 is 9.47 Å². The molecule has 1 aromatic rings. The van der Waals surface area contributed by atoms with Crippen LogP contribution in [-0.2, 0) is 0 Å². The Balaban J connectivity index is 1.95. The predicted molar refractivity (Wildman–Crippen MR) is 83.9 cm³/mol. The van der Waals surface area contributed by atoms with Gasteiger partial charge in [-0.2, -0.15) is 0 Å². The first-order chi connectivity index (χ1) is 9.74. The van der Waals surface area contributed by atoms with Gasteiger partial charge in [-0.15, -0.1) is 11.6 Å². The van der Waals surface area contributed by atoms with E-state index < -0.39 is 0 Å². The minimum absolute atomic E-state index is 0.0257. The molecule has 3 heteroatoms. The molecule has 2 rings (SSSR count). The van der Waals surface area contributed by atoms with Crippen molar-refractivity contribution in [2.75, 3.05) is 14.2 Å². The van der Waals surface area contributed by atoms with Gasteiger partial charge in [0.2, 0.25) is 0 Å². The highest BCUT2D eigenvalue weighted by atomic mass is 35.5. The molecule has 1 aliphatic rings. The molecule has 1 saturated carbocycles. The predicted octanol–water partition coefficient (Wildman–Crippen LogP) is 5.34. The van der Waals surface area contributed by atoms with Crippen molar-refractivity contribution in [1.29, 1.82) is 0 Å². The first-order valence-corrected chi connectivity index (χ1v) is 8.04. The van der Waals surface area contributed by atoms with Crippen LogP contribution in [0.15, 0.2) is 18.2 Å². The minimum atomic E-state index is 0.0257. The van der Waals surface area contributed by atoms with E-state index in [1.165, 1.54) is 38.5 Å². The third kappa shape index (κ3) is 4.05. The first kappa shape index (κ1) is 15.5. The third-order valence-electron chi connectivity index (χ3n) is 4.33. The lowest BCUT2D eigenvalue weighted by Gasteiger charge is -2.23. The smallest absolute Gasteiger partial charge is 0.127 e. The summed E-state index contributed by atoms with van der Waals surface area (Å²) in [6.45, 7) is 0. The molecular formula is C17H25ClO2. The van der Waals surface area contributed by atoms with Gasteiger partial charge in [-0.1, -0.05) is 38.2 Å². The van der Waals surface area contributed by atoms with Crippen LogP contribution in [-0.4, -0.2) is 14.2 Å². The second-order valence-electron chi connectivity index (χ2n) is 5.66. The summed E-state index contributed by atoms with van der Waals surface area (Å²) in [5.41, 5.74) is 1.07. The van der Waals surface area contributed by atoms with Gasteiger partial charge in [0.15, 0.2) is 0 Å². The molecule has 0 bridgehead atoms. The number of alkyl halides is 1. The topological polar surface area (TPSA) is 18.5 Å². The molecule has 0 N–H and O–H groups in total. The summed E-state index contributed by atoms with van der Waals surface area (Å²) in [4.78, 5) is 0. The summed E-state index contributed by atoms with van der Waals surface area (Å²) >= 11 is 6.58. The van der Waals surface area contributed by atoms with Crippen molar-refractivity contribution in [1.82, 2.24) is 0 Å². The first-order valence-electron chi connectivity index (χ1n) is 7.60. The number of benzene rings is 1. The summed E-state index contributed by atoms with van der Waals surface area (Å²) < 4.78 is 10.7. The largest absolute Gasteiger partial charge is 0.497 e. The lowest BCUT2D eigenvalue weighted by molar-refractivity contribution is 0.330. The lowest BCUT2D eigenvalue weighted by atomic mass is 9.85. The van der Waals surface area contributed by atoms with Crippen molar-refractivity contribution in [2.45, 2.75) is 50.3 Å². The number of methoxy groups -OCH3 is 2. The van der Waals surface area contributed by atoms with Crippen molar-refractivity contribution in [3.8, 4) is 11.5 Å². The van der Waals surface area contributed by atoms with Gasteiger partial charge in [-0.3, -0.25) is 0 Å². The second-order valence-corrected chi connectivity index (χ2v) is 6.18. The number of ether oxygens (including phenoxy) is 2. The Kier molecular flexibility index (Phi) is 6.03. The molecule has 1 atom stereocenters. The van der Waals surface area contributed by atoms with Gasteiger partial charge in [0.25, 0.3) is 0 Å². The molecule has 1 aromatic carbocycles. The summed E-state index contributed by atoms with van der Waals surface area (Å²) in [6, 6.07) is 5.88. The average molecular weight is 297 g/mol. The molecule has 1 unspecified atom stereocenters. The normalized spacial score (nSPS) is 17.8. The van der Waals surface area contributed by atoms with Crippen LogP contribution in [0.2, 0.25) is 0 Å². The van der Waals surface area contributed by atoms with Crippen molar-refractivity contribution in [2.24, 2.45) is 5.92 Å². The van der Waals surface area contributed by atoms with E-state index in [4.69, 9.17) is 21.1 Å². The molecule has 20 heavy (non-hydrogen) atoms. The van der Waals surface area contributed by atoms with Crippen LogP contribution in [0.3, 0.4) is 0 Å². The summed E-state index contributed by atoms with van der Waals surface area (Å²) in [7, 11) is 3.35. The Morgan fingerprint density at radius 3 is 2.55 bits per heavy atom. The van der Waals surface area contributed by atoms with Crippen molar-refractivity contribution in [3.05, 3.63) is 23.8 Å². The molecule has 0 radical (unpaired) electrons. The molecule has 0 heterocycles. The second kappa shape index (κ2) is 7.78. The van der Waals surface area contributed by atoms with E-state index in [0.717, 1.165) is 29.4 Å². The molecule has 1 fully saturated rings. The van der Waals surface area contributed by atoms with E-state index in [9.17, 15) is 0 Å². The fourth-order valence-electron chi connectivity index (χ4n) is 3.09. The lowest BCUT2D eigenvalue weighted by Crippen LogP contribution is -2.07. The van der Waals surface area contributed by atoms with Gasteiger partial charge in [0, 0.05) is 11.6 Å².